The van der Waals surface area contributed by atoms with Gasteiger partial charge >= 0.3 is 12.1 Å². The second-order valence-electron chi connectivity index (χ2n) is 5.77. The quantitative estimate of drug-likeness (QED) is 0.842. The minimum atomic E-state index is -3.02. The Bertz CT molecular complexity index is 367. The Morgan fingerprint density at radius 1 is 1.37 bits per heavy atom. The van der Waals surface area contributed by atoms with E-state index in [0.717, 1.165) is 4.90 Å². The van der Waals surface area contributed by atoms with Crippen LogP contribution < -0.4 is 0 Å². The molecule has 19 heavy (non-hydrogen) atoms. The molecule has 110 valence electrons. The van der Waals surface area contributed by atoms with Gasteiger partial charge in [0.15, 0.2) is 0 Å². The maximum absolute atomic E-state index is 13.0. The molecule has 1 heterocycles. The summed E-state index contributed by atoms with van der Waals surface area (Å²) >= 11 is 0. The van der Waals surface area contributed by atoms with Crippen LogP contribution in [0.15, 0.2) is 0 Å². The largest absolute Gasteiger partial charge is 0.481 e. The molecule has 1 saturated heterocycles. The zero-order chi connectivity index (χ0) is 14.8. The minimum absolute atomic E-state index is 0.140. The topological polar surface area (TPSA) is 66.8 Å². The van der Waals surface area contributed by atoms with Gasteiger partial charge in [-0.2, -0.15) is 0 Å². The van der Waals surface area contributed by atoms with Crippen LogP contribution in [0.4, 0.5) is 13.6 Å². The van der Waals surface area contributed by atoms with Gasteiger partial charge in [-0.05, 0) is 33.6 Å². The summed E-state index contributed by atoms with van der Waals surface area (Å²) < 4.78 is 31.2. The van der Waals surface area contributed by atoms with Crippen molar-refractivity contribution in [3.8, 4) is 0 Å². The fourth-order valence-electron chi connectivity index (χ4n) is 2.01. The summed E-state index contributed by atoms with van der Waals surface area (Å²) in [6.07, 6.45) is -3.69. The lowest BCUT2D eigenvalue weighted by Gasteiger charge is -2.39. The Labute approximate surface area is 110 Å². The Balaban J connectivity index is 2.84. The molecule has 1 N–H and O–H groups in total. The first kappa shape index (κ1) is 15.7. The molecule has 1 aliphatic rings. The number of carboxylic acids is 1. The number of nitrogens with zero attached hydrogens (tertiary/aromatic N) is 1. The van der Waals surface area contributed by atoms with Crippen molar-refractivity contribution in [2.45, 2.75) is 45.6 Å². The van der Waals surface area contributed by atoms with E-state index in [1.807, 2.05) is 0 Å². The summed E-state index contributed by atoms with van der Waals surface area (Å²) in [5.41, 5.74) is -2.93. The van der Waals surface area contributed by atoms with Gasteiger partial charge in [0, 0.05) is 13.1 Å². The van der Waals surface area contributed by atoms with Gasteiger partial charge < -0.3 is 14.7 Å². The van der Waals surface area contributed by atoms with Gasteiger partial charge in [-0.25, -0.2) is 13.6 Å². The summed E-state index contributed by atoms with van der Waals surface area (Å²) in [7, 11) is 0. The van der Waals surface area contributed by atoms with E-state index in [4.69, 9.17) is 9.84 Å². The normalized spacial score (nSPS) is 24.4. The van der Waals surface area contributed by atoms with Crippen LogP contribution in [-0.4, -0.2) is 47.2 Å². The zero-order valence-corrected chi connectivity index (χ0v) is 11.3. The van der Waals surface area contributed by atoms with Gasteiger partial charge in [0.25, 0.3) is 6.43 Å². The van der Waals surface area contributed by atoms with E-state index in [9.17, 15) is 18.4 Å². The van der Waals surface area contributed by atoms with E-state index in [2.05, 4.69) is 0 Å². The maximum atomic E-state index is 13.0. The monoisotopic (exact) mass is 279 g/mol. The second-order valence-corrected chi connectivity index (χ2v) is 5.77. The number of alkyl halides is 2. The van der Waals surface area contributed by atoms with Crippen molar-refractivity contribution in [1.29, 1.82) is 0 Å². The lowest BCUT2D eigenvalue weighted by molar-refractivity contribution is -0.165. The van der Waals surface area contributed by atoms with E-state index < -0.39 is 36.0 Å². The molecule has 1 aliphatic heterocycles. The number of carboxylic acid groups (broad SMARTS) is 1. The van der Waals surface area contributed by atoms with Gasteiger partial charge in [0.1, 0.15) is 11.0 Å². The first-order chi connectivity index (χ1) is 8.58. The molecule has 1 atom stereocenters. The lowest BCUT2D eigenvalue weighted by atomic mass is 9.80. The smallest absolute Gasteiger partial charge is 0.410 e. The van der Waals surface area contributed by atoms with Crippen LogP contribution in [-0.2, 0) is 9.53 Å². The van der Waals surface area contributed by atoms with Crippen molar-refractivity contribution in [3.05, 3.63) is 0 Å². The number of hydrogen-bond donors (Lipinski definition) is 1. The highest BCUT2D eigenvalue weighted by Crippen LogP contribution is 2.37. The number of rotatable bonds is 2. The second kappa shape index (κ2) is 5.30. The van der Waals surface area contributed by atoms with Crippen LogP contribution in [0.25, 0.3) is 0 Å². The Hall–Kier alpha value is -1.40. The van der Waals surface area contributed by atoms with Crippen LogP contribution in [0.2, 0.25) is 0 Å². The third-order valence-corrected chi connectivity index (χ3v) is 3.02. The lowest BCUT2D eigenvalue weighted by Crippen LogP contribution is -2.54. The third kappa shape index (κ3) is 3.54. The Kier molecular flexibility index (Phi) is 4.37. The molecule has 7 heteroatoms. The molecule has 0 radical (unpaired) electrons. The predicted octanol–water partition coefficient (Wildman–Crippen LogP) is 2.35. The fraction of sp³-hybridized carbons (Fsp3) is 0.833. The standard InChI is InChI=1S/C12H19F2NO4/c1-11(2,3)19-10(18)15-6-4-5-12(7-15,8(13)14)9(16)17/h8H,4-7H2,1-3H3,(H,16,17). The highest BCUT2D eigenvalue weighted by Gasteiger charge is 2.51. The number of carbonyl (C=O) groups excluding carboxylic acids is 1. The minimum Gasteiger partial charge on any atom is -0.481 e. The number of carbonyl (C=O) groups is 2. The molecule has 0 aromatic carbocycles. The van der Waals surface area contributed by atoms with E-state index in [0.29, 0.717) is 0 Å². The van der Waals surface area contributed by atoms with Crippen molar-refractivity contribution < 1.29 is 28.2 Å². The number of halogens is 2. The predicted molar refractivity (Wildman–Crippen MR) is 63.1 cm³/mol. The van der Waals surface area contributed by atoms with Crippen LogP contribution in [0, 0.1) is 5.41 Å². The highest BCUT2D eigenvalue weighted by molar-refractivity contribution is 5.77. The number of likely N-dealkylation sites (tertiary alicyclic amines) is 1. The molecule has 1 unspecified atom stereocenters. The molecule has 0 saturated carbocycles. The molecule has 5 nitrogen and oxygen atoms in total. The van der Waals surface area contributed by atoms with Gasteiger partial charge in [-0.15, -0.1) is 0 Å². The summed E-state index contributed by atoms with van der Waals surface area (Å²) in [5, 5.41) is 9.03. The summed E-state index contributed by atoms with van der Waals surface area (Å²) in [5.74, 6) is -1.57. The molecule has 1 fully saturated rings. The van der Waals surface area contributed by atoms with Crippen molar-refractivity contribution in [2.75, 3.05) is 13.1 Å². The summed E-state index contributed by atoms with van der Waals surface area (Å²) in [6.45, 7) is 4.69. The maximum Gasteiger partial charge on any atom is 0.410 e. The van der Waals surface area contributed by atoms with Crippen LogP contribution in [0.5, 0.6) is 0 Å². The summed E-state index contributed by atoms with van der Waals surface area (Å²) in [6, 6.07) is 0. The van der Waals surface area contributed by atoms with Crippen molar-refractivity contribution in [3.63, 3.8) is 0 Å². The average molecular weight is 279 g/mol. The van der Waals surface area contributed by atoms with Crippen molar-refractivity contribution >= 4 is 12.1 Å². The van der Waals surface area contributed by atoms with Crippen LogP contribution in [0.3, 0.4) is 0 Å². The first-order valence-electron chi connectivity index (χ1n) is 6.08. The van der Waals surface area contributed by atoms with Gasteiger partial charge in [-0.3, -0.25) is 4.79 Å². The molecule has 0 bridgehead atoms. The van der Waals surface area contributed by atoms with Crippen LogP contribution in [0.1, 0.15) is 33.6 Å². The van der Waals surface area contributed by atoms with Crippen LogP contribution >= 0.6 is 0 Å². The number of amides is 1. The average Bonchev–Trinajstić information content (AvgIpc) is 2.26. The number of hydrogen-bond acceptors (Lipinski definition) is 3. The van der Waals surface area contributed by atoms with Gasteiger partial charge in [-0.1, -0.05) is 0 Å². The Morgan fingerprint density at radius 2 is 1.95 bits per heavy atom. The molecule has 0 aromatic heterocycles. The molecule has 1 rings (SSSR count). The zero-order valence-electron chi connectivity index (χ0n) is 11.3. The van der Waals surface area contributed by atoms with E-state index >= 15 is 0 Å². The highest BCUT2D eigenvalue weighted by atomic mass is 19.3. The molecular weight excluding hydrogens is 260 g/mol. The third-order valence-electron chi connectivity index (χ3n) is 3.02. The van der Waals surface area contributed by atoms with E-state index in [1.165, 1.54) is 0 Å². The van der Waals surface area contributed by atoms with E-state index in [1.54, 1.807) is 20.8 Å². The summed E-state index contributed by atoms with van der Waals surface area (Å²) in [4.78, 5) is 24.0. The van der Waals surface area contributed by atoms with E-state index in [-0.39, 0.29) is 19.4 Å². The fourth-order valence-corrected chi connectivity index (χ4v) is 2.01. The molecule has 1 amide bonds. The number of ether oxygens (including phenoxy) is 1. The molecule has 0 spiro atoms. The van der Waals surface area contributed by atoms with Crippen molar-refractivity contribution in [2.24, 2.45) is 5.41 Å². The van der Waals surface area contributed by atoms with Gasteiger partial charge in [0.2, 0.25) is 0 Å². The first-order valence-corrected chi connectivity index (χ1v) is 6.08. The van der Waals surface area contributed by atoms with Gasteiger partial charge in [0.05, 0.1) is 0 Å². The van der Waals surface area contributed by atoms with Crippen molar-refractivity contribution in [1.82, 2.24) is 4.90 Å². The molecular formula is C12H19F2NO4. The SMILES string of the molecule is CC(C)(C)OC(=O)N1CCCC(C(=O)O)(C(F)F)C1. The molecule has 0 aromatic rings. The number of aliphatic carboxylic acids is 1. The Morgan fingerprint density at radius 3 is 2.37 bits per heavy atom. The molecule has 0 aliphatic carbocycles. The number of piperidine rings is 1.